The molecule has 0 radical (unpaired) electrons. The van der Waals surface area contributed by atoms with Gasteiger partial charge in [-0.3, -0.25) is 21.0 Å². The molecule has 0 heterocycles. The van der Waals surface area contributed by atoms with Gasteiger partial charge in [0.05, 0.1) is 10.6 Å². The second-order valence-electron chi connectivity index (χ2n) is 4.33. The van der Waals surface area contributed by atoms with Gasteiger partial charge >= 0.3 is 0 Å². The van der Waals surface area contributed by atoms with Crippen molar-refractivity contribution in [3.8, 4) is 0 Å². The normalized spacial score (nSPS) is 9.61. The van der Waals surface area contributed by atoms with Crippen LogP contribution in [0.25, 0.3) is 0 Å². The molecule has 0 aliphatic rings. The summed E-state index contributed by atoms with van der Waals surface area (Å²) in [5.41, 5.74) is 6.48. The summed E-state index contributed by atoms with van der Waals surface area (Å²) in [7, 11) is 0. The number of hydrogen-bond donors (Lipinski definition) is 4. The van der Waals surface area contributed by atoms with Crippen molar-refractivity contribution in [3.63, 3.8) is 0 Å². The molecule has 2 aromatic rings. The lowest BCUT2D eigenvalue weighted by molar-refractivity contribution is 0.0976. The van der Waals surface area contributed by atoms with Gasteiger partial charge in [0.1, 0.15) is 0 Å². The van der Waals surface area contributed by atoms with Crippen LogP contribution < -0.4 is 21.5 Å². The van der Waals surface area contributed by atoms with Gasteiger partial charge in [-0.25, -0.2) is 0 Å². The molecular weight excluding hydrogens is 352 g/mol. The highest BCUT2D eigenvalue weighted by molar-refractivity contribution is 7.80. The van der Waals surface area contributed by atoms with Crippen molar-refractivity contribution in [2.24, 2.45) is 0 Å². The van der Waals surface area contributed by atoms with Crippen LogP contribution >= 0.6 is 36.0 Å². The van der Waals surface area contributed by atoms with Crippen LogP contribution in [0.3, 0.4) is 0 Å². The minimum Gasteiger partial charge on any atom is -0.331 e. The fourth-order valence-corrected chi connectivity index (χ4v) is 2.18. The lowest BCUT2D eigenvalue weighted by atomic mass is 10.2. The molecule has 0 fully saturated rings. The van der Waals surface area contributed by atoms with Crippen LogP contribution in [0.2, 0.25) is 5.02 Å². The van der Waals surface area contributed by atoms with Gasteiger partial charge in [-0.2, -0.15) is 0 Å². The predicted molar refractivity (Wildman–Crippen MR) is 100 cm³/mol. The molecule has 5 nitrogen and oxygen atoms in total. The van der Waals surface area contributed by atoms with Crippen molar-refractivity contribution in [1.82, 2.24) is 16.2 Å². The summed E-state index contributed by atoms with van der Waals surface area (Å²) < 4.78 is 0. The number of nitrogens with one attached hydrogen (secondary N) is 4. The Kier molecular flexibility index (Phi) is 6.28. The van der Waals surface area contributed by atoms with Gasteiger partial charge in [0, 0.05) is 5.69 Å². The lowest BCUT2D eigenvalue weighted by Gasteiger charge is -2.14. The van der Waals surface area contributed by atoms with Crippen molar-refractivity contribution >= 4 is 57.9 Å². The topological polar surface area (TPSA) is 65.2 Å². The van der Waals surface area contributed by atoms with Gasteiger partial charge < -0.3 is 5.32 Å². The zero-order chi connectivity index (χ0) is 16.7. The van der Waals surface area contributed by atoms with Gasteiger partial charge in [0.15, 0.2) is 10.2 Å². The number of carbonyl (C=O) groups is 1. The second kappa shape index (κ2) is 8.42. The van der Waals surface area contributed by atoms with Gasteiger partial charge in [0.2, 0.25) is 0 Å². The van der Waals surface area contributed by atoms with E-state index in [1.165, 1.54) is 0 Å². The average Bonchev–Trinajstić information content (AvgIpc) is 2.54. The number of halogens is 1. The molecule has 2 aromatic carbocycles. The second-order valence-corrected chi connectivity index (χ2v) is 5.56. The first-order chi connectivity index (χ1) is 11.1. The molecule has 0 saturated heterocycles. The molecule has 23 heavy (non-hydrogen) atoms. The maximum Gasteiger partial charge on any atom is 0.258 e. The summed E-state index contributed by atoms with van der Waals surface area (Å²) in [6.45, 7) is 0. The monoisotopic (exact) mass is 364 g/mol. The summed E-state index contributed by atoms with van der Waals surface area (Å²) in [5.74, 6) is -0.406. The van der Waals surface area contributed by atoms with Crippen LogP contribution in [0.1, 0.15) is 10.4 Å². The van der Waals surface area contributed by atoms with E-state index in [0.717, 1.165) is 5.69 Å². The van der Waals surface area contributed by atoms with Crippen LogP contribution in [0.4, 0.5) is 5.69 Å². The Morgan fingerprint density at radius 3 is 2.17 bits per heavy atom. The molecule has 8 heteroatoms. The molecule has 4 N–H and O–H groups in total. The molecule has 0 atom stereocenters. The first kappa shape index (κ1) is 17.1. The lowest BCUT2D eigenvalue weighted by Crippen LogP contribution is -2.49. The predicted octanol–water partition coefficient (Wildman–Crippen LogP) is 2.85. The molecule has 0 unspecified atom stereocenters. The van der Waals surface area contributed by atoms with Crippen LogP contribution in [0.15, 0.2) is 54.6 Å². The fourth-order valence-electron chi connectivity index (χ4n) is 1.64. The van der Waals surface area contributed by atoms with E-state index in [1.807, 2.05) is 30.3 Å². The van der Waals surface area contributed by atoms with Crippen molar-refractivity contribution in [2.45, 2.75) is 0 Å². The molecule has 0 aromatic heterocycles. The maximum atomic E-state index is 12.0. The van der Waals surface area contributed by atoms with Crippen molar-refractivity contribution in [3.05, 3.63) is 65.2 Å². The van der Waals surface area contributed by atoms with Crippen LogP contribution in [-0.2, 0) is 0 Å². The summed E-state index contributed by atoms with van der Waals surface area (Å²) in [6, 6.07) is 16.1. The third kappa shape index (κ3) is 5.48. The number of amides is 1. The average molecular weight is 365 g/mol. The largest absolute Gasteiger partial charge is 0.331 e. The molecule has 2 rings (SSSR count). The number of benzene rings is 2. The Morgan fingerprint density at radius 1 is 0.870 bits per heavy atom. The van der Waals surface area contributed by atoms with E-state index in [2.05, 4.69) is 21.5 Å². The van der Waals surface area contributed by atoms with Gasteiger partial charge in [0.25, 0.3) is 5.91 Å². The first-order valence-electron chi connectivity index (χ1n) is 6.54. The van der Waals surface area contributed by atoms with Crippen molar-refractivity contribution in [2.75, 3.05) is 5.32 Å². The van der Waals surface area contributed by atoms with Gasteiger partial charge in [-0.05, 0) is 48.7 Å². The summed E-state index contributed by atoms with van der Waals surface area (Å²) in [4.78, 5) is 12.0. The number of hydrazine groups is 1. The summed E-state index contributed by atoms with van der Waals surface area (Å²) >= 11 is 16.1. The Balaban J connectivity index is 1.80. The Hall–Kier alpha value is -2.22. The van der Waals surface area contributed by atoms with Gasteiger partial charge in [-0.1, -0.05) is 41.9 Å². The number of para-hydroxylation sites is 1. The molecular formula is C15H13ClN4OS2. The molecule has 0 aliphatic carbocycles. The molecule has 118 valence electrons. The number of carbonyl (C=O) groups excluding carboxylic acids is 1. The highest BCUT2D eigenvalue weighted by Crippen LogP contribution is 2.14. The highest BCUT2D eigenvalue weighted by atomic mass is 35.5. The third-order valence-electron chi connectivity index (χ3n) is 2.67. The summed E-state index contributed by atoms with van der Waals surface area (Å²) in [5, 5.41) is 6.19. The first-order valence-corrected chi connectivity index (χ1v) is 7.73. The van der Waals surface area contributed by atoms with E-state index in [9.17, 15) is 4.79 Å². The Bertz CT molecular complexity index is 724. The zero-order valence-corrected chi connectivity index (χ0v) is 14.2. The van der Waals surface area contributed by atoms with E-state index >= 15 is 0 Å². The Labute approximate surface area is 149 Å². The summed E-state index contributed by atoms with van der Waals surface area (Å²) in [6.07, 6.45) is 0. The zero-order valence-electron chi connectivity index (χ0n) is 11.8. The number of anilines is 1. The minimum absolute atomic E-state index is 0.0760. The molecule has 0 spiro atoms. The standard InChI is InChI=1S/C15H13ClN4OS2/c16-12-9-5-4-8-11(12)13(21)18-15(23)20-19-14(22)17-10-6-2-1-3-7-10/h1-9H,(H2,17,19,22)(H2,18,20,21,23). The van der Waals surface area contributed by atoms with Crippen LogP contribution in [-0.4, -0.2) is 16.1 Å². The SMILES string of the molecule is O=C(NC(=S)NNC(=S)Nc1ccccc1)c1ccccc1Cl. The van der Waals surface area contributed by atoms with Crippen molar-refractivity contribution in [1.29, 1.82) is 0 Å². The molecule has 0 saturated carbocycles. The van der Waals surface area contributed by atoms with E-state index in [-0.39, 0.29) is 5.11 Å². The van der Waals surface area contributed by atoms with E-state index in [4.69, 9.17) is 36.0 Å². The molecule has 1 amide bonds. The number of thiocarbonyl (C=S) groups is 2. The van der Waals surface area contributed by atoms with Crippen molar-refractivity contribution < 1.29 is 4.79 Å². The van der Waals surface area contributed by atoms with Crippen LogP contribution in [0, 0.1) is 0 Å². The number of hydrogen-bond acceptors (Lipinski definition) is 3. The molecule has 0 bridgehead atoms. The van der Waals surface area contributed by atoms with E-state index in [0.29, 0.717) is 15.7 Å². The van der Waals surface area contributed by atoms with Gasteiger partial charge in [-0.15, -0.1) is 0 Å². The maximum absolute atomic E-state index is 12.0. The quantitative estimate of drug-likeness (QED) is 0.485. The highest BCUT2D eigenvalue weighted by Gasteiger charge is 2.11. The molecule has 0 aliphatic heterocycles. The Morgan fingerprint density at radius 2 is 1.48 bits per heavy atom. The minimum atomic E-state index is -0.406. The fraction of sp³-hybridized carbons (Fsp3) is 0. The smallest absolute Gasteiger partial charge is 0.258 e. The van der Waals surface area contributed by atoms with E-state index in [1.54, 1.807) is 24.3 Å². The third-order valence-corrected chi connectivity index (χ3v) is 3.40. The van der Waals surface area contributed by atoms with Crippen LogP contribution in [0.5, 0.6) is 0 Å². The van der Waals surface area contributed by atoms with E-state index < -0.39 is 5.91 Å². The number of rotatable bonds is 2.